The molecule has 3 aliphatic rings. The Bertz CT molecular complexity index is 804. The number of imidazole rings is 1. The summed E-state index contributed by atoms with van der Waals surface area (Å²) in [6, 6.07) is 0.699. The largest absolute Gasteiger partial charge is 0.342 e. The number of hydrogen-bond donors (Lipinski definition) is 1. The minimum atomic E-state index is 0.510. The zero-order chi connectivity index (χ0) is 19.0. The Labute approximate surface area is 172 Å². The third-order valence-corrected chi connectivity index (χ3v) is 8.86. The Kier molecular flexibility index (Phi) is 5.26. The Morgan fingerprint density at radius 3 is 2.64 bits per heavy atom. The van der Waals surface area contributed by atoms with E-state index < -0.39 is 0 Å². The summed E-state index contributed by atoms with van der Waals surface area (Å²) >= 11 is 2.00. The van der Waals surface area contributed by atoms with Gasteiger partial charge in [-0.15, -0.1) is 11.8 Å². The molecule has 2 aromatic rings. The summed E-state index contributed by atoms with van der Waals surface area (Å²) in [6.45, 7) is 2.21. The Hall–Kier alpha value is -1.27. The average molecular weight is 400 g/mol. The van der Waals surface area contributed by atoms with Crippen molar-refractivity contribution in [1.82, 2.24) is 19.7 Å². The molecule has 2 aromatic heterocycles. The van der Waals surface area contributed by atoms with Gasteiger partial charge in [0, 0.05) is 43.0 Å². The summed E-state index contributed by atoms with van der Waals surface area (Å²) in [5, 5.41) is 4.33. The predicted octanol–water partition coefficient (Wildman–Crippen LogP) is 4.51. The number of nitrogens with zero attached hydrogens (tertiary/aromatic N) is 4. The van der Waals surface area contributed by atoms with Crippen molar-refractivity contribution in [3.05, 3.63) is 18.6 Å². The van der Waals surface area contributed by atoms with Crippen molar-refractivity contribution in [1.29, 1.82) is 0 Å². The number of piperidine rings is 1. The van der Waals surface area contributed by atoms with Crippen molar-refractivity contribution in [2.45, 2.75) is 80.4 Å². The van der Waals surface area contributed by atoms with Crippen LogP contribution in [0, 0.1) is 5.41 Å². The molecule has 6 heteroatoms. The first-order valence-corrected chi connectivity index (χ1v) is 12.1. The van der Waals surface area contributed by atoms with Crippen LogP contribution < -0.4 is 10.2 Å². The Morgan fingerprint density at radius 2 is 1.86 bits per heavy atom. The molecule has 1 N–H and O–H groups in total. The molecule has 152 valence electrons. The van der Waals surface area contributed by atoms with Crippen LogP contribution in [0.25, 0.3) is 5.65 Å². The summed E-state index contributed by atoms with van der Waals surface area (Å²) in [7, 11) is 2.14. The van der Waals surface area contributed by atoms with Gasteiger partial charge >= 0.3 is 0 Å². The fraction of sp³-hybridized carbons (Fsp3) is 0.727. The normalized spacial score (nSPS) is 25.8. The fourth-order valence-electron chi connectivity index (χ4n) is 5.90. The molecule has 3 heterocycles. The molecule has 0 amide bonds. The lowest BCUT2D eigenvalue weighted by atomic mass is 9.74. The van der Waals surface area contributed by atoms with E-state index in [1.54, 1.807) is 0 Å². The number of rotatable bonds is 4. The van der Waals surface area contributed by atoms with Crippen molar-refractivity contribution in [2.75, 3.05) is 25.0 Å². The lowest BCUT2D eigenvalue weighted by molar-refractivity contribution is 0.177. The van der Waals surface area contributed by atoms with Crippen LogP contribution in [0.5, 0.6) is 0 Å². The molecule has 0 radical (unpaired) electrons. The van der Waals surface area contributed by atoms with E-state index in [9.17, 15) is 0 Å². The second-order valence-electron chi connectivity index (χ2n) is 9.00. The van der Waals surface area contributed by atoms with Crippen LogP contribution in [-0.2, 0) is 0 Å². The zero-order valence-electron chi connectivity index (χ0n) is 17.1. The fourth-order valence-corrected chi connectivity index (χ4v) is 7.20. The third kappa shape index (κ3) is 3.32. The van der Waals surface area contributed by atoms with Gasteiger partial charge in [0.15, 0.2) is 5.65 Å². The summed E-state index contributed by atoms with van der Waals surface area (Å²) in [5.41, 5.74) is 1.60. The number of thioether (sulfide) groups is 1. The molecular weight excluding hydrogens is 366 g/mol. The zero-order valence-corrected chi connectivity index (χ0v) is 17.9. The molecule has 2 aliphatic carbocycles. The summed E-state index contributed by atoms with van der Waals surface area (Å²) in [5.74, 6) is 1.08. The van der Waals surface area contributed by atoms with Gasteiger partial charge in [-0.25, -0.2) is 9.97 Å². The molecule has 1 saturated heterocycles. The molecule has 2 saturated carbocycles. The minimum absolute atomic E-state index is 0.510. The molecule has 1 atom stereocenters. The van der Waals surface area contributed by atoms with Crippen LogP contribution in [0.4, 0.5) is 5.95 Å². The lowest BCUT2D eigenvalue weighted by Crippen LogP contribution is -2.48. The first-order valence-electron chi connectivity index (χ1n) is 11.2. The Balaban J connectivity index is 1.34. The van der Waals surface area contributed by atoms with E-state index in [1.165, 1.54) is 69.1 Å². The van der Waals surface area contributed by atoms with Crippen LogP contribution in [0.2, 0.25) is 0 Å². The standard InChI is InChI=1S/C22H33N5S/c1-23-19-8-5-9-22(19)10-13-26(14-11-22)21-25-16-18(20-24-12-15-27(20)21)28-17-6-3-2-4-7-17/h12,15-17,19,23H,2-11,13-14H2,1H3/t19-/m1/s1. The molecule has 1 aliphatic heterocycles. The highest BCUT2D eigenvalue weighted by Gasteiger charge is 2.44. The monoisotopic (exact) mass is 399 g/mol. The number of aromatic nitrogens is 3. The van der Waals surface area contributed by atoms with Gasteiger partial charge in [0.05, 0.1) is 4.90 Å². The van der Waals surface area contributed by atoms with E-state index in [2.05, 4.69) is 34.1 Å². The smallest absolute Gasteiger partial charge is 0.211 e. The molecule has 1 spiro atoms. The van der Waals surface area contributed by atoms with Crippen LogP contribution in [0.15, 0.2) is 23.5 Å². The van der Waals surface area contributed by atoms with E-state index >= 15 is 0 Å². The van der Waals surface area contributed by atoms with Crippen LogP contribution in [0.1, 0.15) is 64.2 Å². The van der Waals surface area contributed by atoms with Gasteiger partial charge in [0.25, 0.3) is 0 Å². The van der Waals surface area contributed by atoms with Gasteiger partial charge in [-0.1, -0.05) is 25.7 Å². The first-order chi connectivity index (χ1) is 13.8. The van der Waals surface area contributed by atoms with Gasteiger partial charge in [-0.05, 0) is 51.0 Å². The number of nitrogens with one attached hydrogen (secondary N) is 1. The summed E-state index contributed by atoms with van der Waals surface area (Å²) in [6.07, 6.45) is 19.6. The van der Waals surface area contributed by atoms with Crippen molar-refractivity contribution >= 4 is 23.4 Å². The molecular formula is C22H33N5S. The highest BCUT2D eigenvalue weighted by atomic mass is 32.2. The molecule has 5 rings (SSSR count). The average Bonchev–Trinajstić information content (AvgIpc) is 3.38. The maximum atomic E-state index is 4.93. The number of fused-ring (bicyclic) bond motifs is 1. The van der Waals surface area contributed by atoms with Gasteiger partial charge in [0.1, 0.15) is 0 Å². The topological polar surface area (TPSA) is 45.5 Å². The second kappa shape index (κ2) is 7.86. The third-order valence-electron chi connectivity index (χ3n) is 7.52. The second-order valence-corrected chi connectivity index (χ2v) is 10.3. The molecule has 0 unspecified atom stereocenters. The number of anilines is 1. The summed E-state index contributed by atoms with van der Waals surface area (Å²) < 4.78 is 2.23. The quantitative estimate of drug-likeness (QED) is 0.819. The van der Waals surface area contributed by atoms with E-state index in [0.29, 0.717) is 11.5 Å². The van der Waals surface area contributed by atoms with Gasteiger partial charge in [-0.3, -0.25) is 4.40 Å². The summed E-state index contributed by atoms with van der Waals surface area (Å²) in [4.78, 5) is 13.4. The highest BCUT2D eigenvalue weighted by molar-refractivity contribution is 8.00. The van der Waals surface area contributed by atoms with Crippen molar-refractivity contribution < 1.29 is 0 Å². The van der Waals surface area contributed by atoms with E-state index in [1.807, 2.05) is 18.0 Å². The Morgan fingerprint density at radius 1 is 1.04 bits per heavy atom. The lowest BCUT2D eigenvalue weighted by Gasteiger charge is -2.43. The van der Waals surface area contributed by atoms with Crippen molar-refractivity contribution in [2.24, 2.45) is 5.41 Å². The van der Waals surface area contributed by atoms with Crippen molar-refractivity contribution in [3.63, 3.8) is 0 Å². The van der Waals surface area contributed by atoms with Crippen LogP contribution in [0.3, 0.4) is 0 Å². The van der Waals surface area contributed by atoms with E-state index in [0.717, 1.165) is 29.9 Å². The van der Waals surface area contributed by atoms with E-state index in [4.69, 9.17) is 9.97 Å². The van der Waals surface area contributed by atoms with Crippen LogP contribution >= 0.6 is 11.8 Å². The molecule has 0 bridgehead atoms. The first kappa shape index (κ1) is 18.7. The van der Waals surface area contributed by atoms with E-state index in [-0.39, 0.29) is 0 Å². The van der Waals surface area contributed by atoms with Gasteiger partial charge in [-0.2, -0.15) is 0 Å². The van der Waals surface area contributed by atoms with Gasteiger partial charge in [0.2, 0.25) is 5.95 Å². The molecule has 5 nitrogen and oxygen atoms in total. The maximum absolute atomic E-state index is 4.93. The SMILES string of the molecule is CN[C@@H]1CCCC12CCN(c1ncc(SC3CCCCC3)c3nccn13)CC2. The maximum Gasteiger partial charge on any atom is 0.211 e. The minimum Gasteiger partial charge on any atom is -0.342 e. The van der Waals surface area contributed by atoms with Crippen molar-refractivity contribution in [3.8, 4) is 0 Å². The predicted molar refractivity (Wildman–Crippen MR) is 116 cm³/mol. The van der Waals surface area contributed by atoms with Gasteiger partial charge < -0.3 is 10.2 Å². The number of hydrogen-bond acceptors (Lipinski definition) is 5. The highest BCUT2D eigenvalue weighted by Crippen LogP contribution is 2.47. The molecule has 28 heavy (non-hydrogen) atoms. The van der Waals surface area contributed by atoms with Crippen LogP contribution in [-0.4, -0.2) is 45.8 Å². The molecule has 3 fully saturated rings. The molecule has 0 aromatic carbocycles.